The van der Waals surface area contributed by atoms with E-state index >= 15 is 0 Å². The van der Waals surface area contributed by atoms with Crippen LogP contribution in [0.15, 0.2) is 24.5 Å². The van der Waals surface area contributed by atoms with Crippen LogP contribution in [0.5, 0.6) is 5.75 Å². The standard InChI is InChI=1S/C27H36N6O3/c1-16-9-17(2)32-25(35)22(16)15-29-24(34)18-10-19-12-27(3,4)36-23(19)21(11-18)20-13-30-26(31-14-20)33-7-5-28-6-8-33/h10-11,13-14,16-17,22,28H,5-9,12,15H2,1-4H3,(H,29,34)(H,32,35). The maximum Gasteiger partial charge on any atom is 0.251 e. The van der Waals surface area contributed by atoms with Crippen molar-refractivity contribution >= 4 is 17.8 Å². The van der Waals surface area contributed by atoms with Gasteiger partial charge in [0.2, 0.25) is 11.9 Å². The fourth-order valence-electron chi connectivity index (χ4n) is 5.53. The van der Waals surface area contributed by atoms with Gasteiger partial charge in [-0.1, -0.05) is 6.92 Å². The number of anilines is 1. The first kappa shape index (κ1) is 24.5. The Morgan fingerprint density at radius 2 is 1.92 bits per heavy atom. The number of aromatic nitrogens is 2. The molecule has 36 heavy (non-hydrogen) atoms. The van der Waals surface area contributed by atoms with E-state index in [1.54, 1.807) is 0 Å². The Morgan fingerprint density at radius 1 is 1.19 bits per heavy atom. The Hall–Kier alpha value is -3.20. The number of hydrogen-bond donors (Lipinski definition) is 3. The molecule has 0 radical (unpaired) electrons. The number of hydrogen-bond acceptors (Lipinski definition) is 7. The number of nitrogens with one attached hydrogen (secondary N) is 3. The zero-order valence-corrected chi connectivity index (χ0v) is 21.6. The van der Waals surface area contributed by atoms with E-state index in [0.29, 0.717) is 24.5 Å². The summed E-state index contributed by atoms with van der Waals surface area (Å²) in [7, 11) is 0. The number of piperazine rings is 1. The second-order valence-corrected chi connectivity index (χ2v) is 11.0. The Balaban J connectivity index is 1.39. The third-order valence-corrected chi connectivity index (χ3v) is 7.39. The Bertz CT molecular complexity index is 1140. The van der Waals surface area contributed by atoms with Crippen LogP contribution in [0.3, 0.4) is 0 Å². The lowest BCUT2D eigenvalue weighted by atomic mass is 9.84. The Labute approximate surface area is 212 Å². The van der Waals surface area contributed by atoms with Gasteiger partial charge in [0.25, 0.3) is 5.91 Å². The van der Waals surface area contributed by atoms with Crippen LogP contribution < -0.4 is 25.6 Å². The highest BCUT2D eigenvalue weighted by molar-refractivity contribution is 5.97. The van der Waals surface area contributed by atoms with Crippen LogP contribution in [-0.2, 0) is 11.2 Å². The lowest BCUT2D eigenvalue weighted by Crippen LogP contribution is -2.50. The molecule has 4 heterocycles. The second kappa shape index (κ2) is 9.69. The first-order chi connectivity index (χ1) is 17.2. The molecule has 3 aliphatic rings. The number of amides is 2. The molecule has 2 amide bonds. The highest BCUT2D eigenvalue weighted by Crippen LogP contribution is 2.43. The summed E-state index contributed by atoms with van der Waals surface area (Å²) in [6.07, 6.45) is 5.23. The molecule has 0 saturated carbocycles. The molecule has 0 aliphatic carbocycles. The highest BCUT2D eigenvalue weighted by Gasteiger charge is 2.35. The van der Waals surface area contributed by atoms with Crippen molar-refractivity contribution in [2.24, 2.45) is 11.8 Å². The van der Waals surface area contributed by atoms with E-state index in [1.165, 1.54) is 0 Å². The topological polar surface area (TPSA) is 108 Å². The third kappa shape index (κ3) is 5.02. The minimum Gasteiger partial charge on any atom is -0.487 e. The lowest BCUT2D eigenvalue weighted by molar-refractivity contribution is -0.129. The maximum atomic E-state index is 13.2. The van der Waals surface area contributed by atoms with Gasteiger partial charge in [0, 0.05) is 74.3 Å². The molecule has 3 N–H and O–H groups in total. The smallest absolute Gasteiger partial charge is 0.251 e. The van der Waals surface area contributed by atoms with E-state index in [4.69, 9.17) is 4.74 Å². The van der Waals surface area contributed by atoms with E-state index in [1.807, 2.05) is 45.3 Å². The molecular weight excluding hydrogens is 456 g/mol. The van der Waals surface area contributed by atoms with Gasteiger partial charge in [-0.3, -0.25) is 9.59 Å². The maximum absolute atomic E-state index is 13.2. The largest absolute Gasteiger partial charge is 0.487 e. The SMILES string of the molecule is CC1CC(C)C(CNC(=O)c2cc3c(c(-c4cnc(N5CCNCC5)nc4)c2)OC(C)(C)C3)C(=O)N1. The van der Waals surface area contributed by atoms with Gasteiger partial charge in [0.05, 0.1) is 5.92 Å². The molecule has 0 spiro atoms. The molecule has 2 aromatic rings. The molecule has 3 unspecified atom stereocenters. The molecule has 0 bridgehead atoms. The van der Waals surface area contributed by atoms with E-state index in [0.717, 1.165) is 55.0 Å². The number of carbonyl (C=O) groups is 2. The van der Waals surface area contributed by atoms with Crippen molar-refractivity contribution in [2.75, 3.05) is 37.6 Å². The number of rotatable bonds is 5. The average molecular weight is 493 g/mol. The van der Waals surface area contributed by atoms with Crippen molar-refractivity contribution in [3.8, 4) is 16.9 Å². The van der Waals surface area contributed by atoms with E-state index in [-0.39, 0.29) is 35.3 Å². The summed E-state index contributed by atoms with van der Waals surface area (Å²) in [5, 5.41) is 9.34. The first-order valence-corrected chi connectivity index (χ1v) is 12.9. The van der Waals surface area contributed by atoms with E-state index in [2.05, 4.69) is 37.7 Å². The van der Waals surface area contributed by atoms with Gasteiger partial charge in [0.15, 0.2) is 0 Å². The number of carbonyl (C=O) groups excluding carboxylic acids is 2. The second-order valence-electron chi connectivity index (χ2n) is 11.0. The molecule has 1 aromatic heterocycles. The van der Waals surface area contributed by atoms with Crippen LogP contribution in [0.25, 0.3) is 11.1 Å². The normalized spacial score (nSPS) is 25.1. The molecule has 192 valence electrons. The van der Waals surface area contributed by atoms with Crippen LogP contribution in [-0.4, -0.2) is 66.1 Å². The number of nitrogens with zero attached hydrogens (tertiary/aromatic N) is 3. The molecule has 9 nitrogen and oxygen atoms in total. The quantitative estimate of drug-likeness (QED) is 0.587. The fraction of sp³-hybridized carbons (Fsp3) is 0.556. The zero-order valence-electron chi connectivity index (χ0n) is 21.6. The third-order valence-electron chi connectivity index (χ3n) is 7.39. The molecule has 1 aromatic carbocycles. The number of ether oxygens (including phenoxy) is 1. The van der Waals surface area contributed by atoms with Crippen LogP contribution in [0.4, 0.5) is 5.95 Å². The van der Waals surface area contributed by atoms with Gasteiger partial charge >= 0.3 is 0 Å². The minimum absolute atomic E-state index is 0.00747. The van der Waals surface area contributed by atoms with Crippen molar-refractivity contribution in [1.29, 1.82) is 0 Å². The van der Waals surface area contributed by atoms with Crippen LogP contribution in [0.2, 0.25) is 0 Å². The van der Waals surface area contributed by atoms with Gasteiger partial charge in [-0.25, -0.2) is 9.97 Å². The summed E-state index contributed by atoms with van der Waals surface area (Å²) in [5.41, 5.74) is 2.81. The fourth-order valence-corrected chi connectivity index (χ4v) is 5.53. The zero-order chi connectivity index (χ0) is 25.4. The van der Waals surface area contributed by atoms with E-state index < -0.39 is 0 Å². The van der Waals surface area contributed by atoms with Crippen molar-refractivity contribution in [3.63, 3.8) is 0 Å². The summed E-state index contributed by atoms with van der Waals surface area (Å²) >= 11 is 0. The molecule has 2 fully saturated rings. The monoisotopic (exact) mass is 492 g/mol. The number of fused-ring (bicyclic) bond motifs is 1. The summed E-state index contributed by atoms with van der Waals surface area (Å²) in [4.78, 5) is 37.1. The summed E-state index contributed by atoms with van der Waals surface area (Å²) in [6.45, 7) is 12.1. The molecule has 3 aliphatic heterocycles. The molecule has 5 rings (SSSR count). The minimum atomic E-state index is -0.361. The lowest BCUT2D eigenvalue weighted by Gasteiger charge is -2.32. The highest BCUT2D eigenvalue weighted by atomic mass is 16.5. The Morgan fingerprint density at radius 3 is 2.61 bits per heavy atom. The van der Waals surface area contributed by atoms with Crippen LogP contribution in [0.1, 0.15) is 50.0 Å². The molecule has 9 heteroatoms. The molecule has 2 saturated heterocycles. The van der Waals surface area contributed by atoms with Gasteiger partial charge in [-0.2, -0.15) is 0 Å². The number of piperidine rings is 1. The summed E-state index contributed by atoms with van der Waals surface area (Å²) < 4.78 is 6.30. The van der Waals surface area contributed by atoms with E-state index in [9.17, 15) is 9.59 Å². The van der Waals surface area contributed by atoms with Gasteiger partial charge in [0.1, 0.15) is 11.4 Å². The predicted molar refractivity (Wildman–Crippen MR) is 138 cm³/mol. The molecule has 3 atom stereocenters. The number of benzene rings is 1. The summed E-state index contributed by atoms with van der Waals surface area (Å²) in [6, 6.07) is 3.93. The van der Waals surface area contributed by atoms with Crippen molar-refractivity contribution in [1.82, 2.24) is 25.9 Å². The molecular formula is C27H36N6O3. The van der Waals surface area contributed by atoms with Crippen LogP contribution in [0, 0.1) is 11.8 Å². The Kier molecular flexibility index (Phi) is 6.59. The first-order valence-electron chi connectivity index (χ1n) is 12.9. The van der Waals surface area contributed by atoms with Crippen molar-refractivity contribution in [3.05, 3.63) is 35.7 Å². The van der Waals surface area contributed by atoms with Gasteiger partial charge in [-0.15, -0.1) is 0 Å². The predicted octanol–water partition coefficient (Wildman–Crippen LogP) is 2.16. The van der Waals surface area contributed by atoms with Crippen LogP contribution >= 0.6 is 0 Å². The van der Waals surface area contributed by atoms with Crippen molar-refractivity contribution in [2.45, 2.75) is 52.2 Å². The van der Waals surface area contributed by atoms with Gasteiger partial charge < -0.3 is 25.6 Å². The van der Waals surface area contributed by atoms with Gasteiger partial charge in [-0.05, 0) is 50.8 Å². The van der Waals surface area contributed by atoms with Crippen molar-refractivity contribution < 1.29 is 14.3 Å². The summed E-state index contributed by atoms with van der Waals surface area (Å²) in [5.74, 6) is 1.29. The average Bonchev–Trinajstić information content (AvgIpc) is 3.17.